The fourth-order valence-electron chi connectivity index (χ4n) is 3.37. The number of nitrogens with one attached hydrogen (secondary N) is 1. The second kappa shape index (κ2) is 8.84. The van der Waals surface area contributed by atoms with Crippen LogP contribution in [0.5, 0.6) is 11.5 Å². The molecule has 0 fully saturated rings. The van der Waals surface area contributed by atoms with Crippen molar-refractivity contribution in [1.29, 1.82) is 0 Å². The Morgan fingerprint density at radius 1 is 1.29 bits per heavy atom. The molecule has 4 rings (SSSR count). The average Bonchev–Trinajstić information content (AvgIpc) is 3.42. The molecule has 3 aromatic rings. The largest absolute Gasteiger partial charge is 0.493 e. The van der Waals surface area contributed by atoms with Gasteiger partial charge < -0.3 is 19.3 Å². The van der Waals surface area contributed by atoms with Crippen LogP contribution in [0.2, 0.25) is 0 Å². The van der Waals surface area contributed by atoms with Gasteiger partial charge in [0.05, 0.1) is 26.8 Å². The minimum absolute atomic E-state index is 0.0936. The number of ether oxygens (including phenoxy) is 2. The number of aromatic nitrogens is 3. The van der Waals surface area contributed by atoms with Crippen LogP contribution in [0.25, 0.3) is 11.3 Å². The minimum atomic E-state index is -0.209. The molecule has 1 aliphatic rings. The van der Waals surface area contributed by atoms with Crippen LogP contribution in [0.4, 0.5) is 0 Å². The van der Waals surface area contributed by atoms with E-state index in [0.29, 0.717) is 39.4 Å². The molecule has 3 heterocycles. The number of rotatable bonds is 7. The lowest BCUT2D eigenvalue weighted by atomic mass is 10.1. The summed E-state index contributed by atoms with van der Waals surface area (Å²) in [5, 5.41) is 7.53. The zero-order valence-corrected chi connectivity index (χ0v) is 18.2. The maximum atomic E-state index is 12.5. The molecule has 0 radical (unpaired) electrons. The molecule has 2 aromatic heterocycles. The molecule has 1 aromatic carbocycles. The van der Waals surface area contributed by atoms with Gasteiger partial charge in [-0.05, 0) is 25.1 Å². The average molecular weight is 442 g/mol. The zero-order chi connectivity index (χ0) is 22.0. The lowest BCUT2D eigenvalue weighted by Crippen LogP contribution is -2.31. The van der Waals surface area contributed by atoms with Crippen LogP contribution in [0.15, 0.2) is 44.9 Å². The zero-order valence-electron chi connectivity index (χ0n) is 17.4. The molecule has 0 spiro atoms. The van der Waals surface area contributed by atoms with Crippen molar-refractivity contribution >= 4 is 17.7 Å². The molecule has 0 bridgehead atoms. The van der Waals surface area contributed by atoms with Crippen LogP contribution in [-0.4, -0.2) is 40.6 Å². The summed E-state index contributed by atoms with van der Waals surface area (Å²) in [6, 6.07) is 6.98. The lowest BCUT2D eigenvalue weighted by Gasteiger charge is -2.13. The highest BCUT2D eigenvalue weighted by atomic mass is 32.2. The van der Waals surface area contributed by atoms with Gasteiger partial charge in [0.2, 0.25) is 5.91 Å². The quantitative estimate of drug-likeness (QED) is 0.556. The Morgan fingerprint density at radius 2 is 2.10 bits per heavy atom. The third-order valence-corrected chi connectivity index (χ3v) is 6.13. The summed E-state index contributed by atoms with van der Waals surface area (Å²) in [5.41, 5.74) is 1.85. The van der Waals surface area contributed by atoms with Gasteiger partial charge in [0, 0.05) is 35.6 Å². The minimum Gasteiger partial charge on any atom is -0.493 e. The van der Waals surface area contributed by atoms with Crippen LogP contribution in [0.1, 0.15) is 23.7 Å². The maximum absolute atomic E-state index is 12.5. The number of methoxy groups -OCH3 is 2. The number of benzene rings is 1. The van der Waals surface area contributed by atoms with Gasteiger partial charge in [-0.25, -0.2) is 4.98 Å². The van der Waals surface area contributed by atoms with Crippen molar-refractivity contribution in [3.63, 3.8) is 0 Å². The van der Waals surface area contributed by atoms with E-state index in [1.54, 1.807) is 50.1 Å². The van der Waals surface area contributed by atoms with E-state index >= 15 is 0 Å². The summed E-state index contributed by atoms with van der Waals surface area (Å²) in [5.74, 6) is 2.24. The normalized spacial score (nSPS) is 14.9. The van der Waals surface area contributed by atoms with Gasteiger partial charge in [-0.15, -0.1) is 0 Å². The van der Waals surface area contributed by atoms with Crippen molar-refractivity contribution in [2.75, 3.05) is 20.0 Å². The first-order valence-electron chi connectivity index (χ1n) is 9.65. The summed E-state index contributed by atoms with van der Waals surface area (Å²) in [6.45, 7) is 1.95. The van der Waals surface area contributed by atoms with Crippen LogP contribution in [0.3, 0.4) is 0 Å². The summed E-state index contributed by atoms with van der Waals surface area (Å²) in [4.78, 5) is 29.1. The first-order valence-corrected chi connectivity index (χ1v) is 10.6. The summed E-state index contributed by atoms with van der Waals surface area (Å²) >= 11 is 1.49. The van der Waals surface area contributed by atoms with E-state index in [9.17, 15) is 9.59 Å². The Balaban J connectivity index is 1.38. The van der Waals surface area contributed by atoms with Crippen molar-refractivity contribution in [2.45, 2.75) is 31.1 Å². The number of hydrogen-bond donors (Lipinski definition) is 1. The summed E-state index contributed by atoms with van der Waals surface area (Å²) < 4.78 is 17.6. The molecular formula is C21H22N4O5S. The van der Waals surface area contributed by atoms with Gasteiger partial charge in [0.15, 0.2) is 22.4 Å². The summed E-state index contributed by atoms with van der Waals surface area (Å²) in [6.07, 6.45) is 1.77. The molecule has 0 saturated carbocycles. The number of nitrogens with zero attached hydrogens (tertiary/aromatic N) is 3. The van der Waals surface area contributed by atoms with Crippen LogP contribution in [-0.2, 0) is 11.3 Å². The fraction of sp³-hybridized carbons (Fsp3) is 0.333. The number of carbonyl (C=O) groups is 1. The van der Waals surface area contributed by atoms with E-state index < -0.39 is 0 Å². The molecule has 1 aliphatic heterocycles. The first-order chi connectivity index (χ1) is 15.0. The highest BCUT2D eigenvalue weighted by Crippen LogP contribution is 2.33. The predicted octanol–water partition coefficient (Wildman–Crippen LogP) is 2.58. The van der Waals surface area contributed by atoms with Crippen LogP contribution in [0, 0.1) is 6.92 Å². The van der Waals surface area contributed by atoms with Crippen molar-refractivity contribution in [2.24, 2.45) is 0 Å². The molecular weight excluding hydrogens is 420 g/mol. The predicted molar refractivity (Wildman–Crippen MR) is 115 cm³/mol. The number of fused-ring (bicyclic) bond motifs is 1. The van der Waals surface area contributed by atoms with Crippen molar-refractivity contribution < 1.29 is 18.8 Å². The Morgan fingerprint density at radius 3 is 2.87 bits per heavy atom. The lowest BCUT2D eigenvalue weighted by molar-refractivity contribution is -0.121. The molecule has 1 atom stereocenters. The molecule has 1 N–H and O–H groups in total. The standard InChI is InChI=1S/C21H22N4O5S/c1-12-9-23-21-25(20(12)27)15(11-31-21)8-19(26)22-10-14-7-17(30-24-14)13-4-5-16(28-2)18(6-13)29-3/h4-7,9,15H,8,10-11H2,1-3H3,(H,22,26). The molecule has 0 aliphatic carbocycles. The molecule has 31 heavy (non-hydrogen) atoms. The highest BCUT2D eigenvalue weighted by molar-refractivity contribution is 7.99. The SMILES string of the molecule is COc1ccc(-c2cc(CNC(=O)CC3CSc4ncc(C)c(=O)n43)no2)cc1OC. The molecule has 10 heteroatoms. The highest BCUT2D eigenvalue weighted by Gasteiger charge is 2.27. The Hall–Kier alpha value is -3.27. The Bertz CT molecular complexity index is 1170. The second-order valence-corrected chi connectivity index (χ2v) is 8.08. The Kier molecular flexibility index (Phi) is 5.99. The third kappa shape index (κ3) is 4.29. The number of aryl methyl sites for hydroxylation is 1. The fourth-order valence-corrected chi connectivity index (χ4v) is 4.47. The van der Waals surface area contributed by atoms with Gasteiger partial charge >= 0.3 is 0 Å². The van der Waals surface area contributed by atoms with Crippen LogP contribution >= 0.6 is 11.8 Å². The van der Waals surface area contributed by atoms with Gasteiger partial charge in [-0.2, -0.15) is 0 Å². The maximum Gasteiger partial charge on any atom is 0.257 e. The number of thioether (sulfide) groups is 1. The van der Waals surface area contributed by atoms with Crippen molar-refractivity contribution in [3.8, 4) is 22.8 Å². The van der Waals surface area contributed by atoms with E-state index in [1.165, 1.54) is 11.8 Å². The third-order valence-electron chi connectivity index (χ3n) is 5.02. The van der Waals surface area contributed by atoms with E-state index in [0.717, 1.165) is 5.56 Å². The van der Waals surface area contributed by atoms with E-state index in [-0.39, 0.29) is 30.5 Å². The molecule has 1 amide bonds. The van der Waals surface area contributed by atoms with Gasteiger partial charge in [0.25, 0.3) is 5.56 Å². The van der Waals surface area contributed by atoms with E-state index in [1.807, 2.05) is 6.07 Å². The topological polar surface area (TPSA) is 108 Å². The number of hydrogen-bond acceptors (Lipinski definition) is 8. The van der Waals surface area contributed by atoms with E-state index in [4.69, 9.17) is 14.0 Å². The number of amides is 1. The molecule has 1 unspecified atom stereocenters. The smallest absolute Gasteiger partial charge is 0.257 e. The van der Waals surface area contributed by atoms with Gasteiger partial charge in [0.1, 0.15) is 5.69 Å². The monoisotopic (exact) mass is 442 g/mol. The van der Waals surface area contributed by atoms with E-state index in [2.05, 4.69) is 15.5 Å². The van der Waals surface area contributed by atoms with Gasteiger partial charge in [-0.3, -0.25) is 14.2 Å². The number of carbonyl (C=O) groups excluding carboxylic acids is 1. The first kappa shape index (κ1) is 21.0. The second-order valence-electron chi connectivity index (χ2n) is 7.10. The molecule has 9 nitrogen and oxygen atoms in total. The Labute approximate surface area is 182 Å². The summed E-state index contributed by atoms with van der Waals surface area (Å²) in [7, 11) is 3.14. The molecule has 0 saturated heterocycles. The van der Waals surface area contributed by atoms with Gasteiger partial charge in [-0.1, -0.05) is 16.9 Å². The van der Waals surface area contributed by atoms with Crippen molar-refractivity contribution in [3.05, 3.63) is 52.1 Å². The van der Waals surface area contributed by atoms with Crippen molar-refractivity contribution in [1.82, 2.24) is 20.0 Å². The van der Waals surface area contributed by atoms with Crippen LogP contribution < -0.4 is 20.3 Å². The molecule has 162 valence electrons.